The van der Waals surface area contributed by atoms with E-state index in [0.29, 0.717) is 29.8 Å². The molecule has 1 aliphatic rings. The summed E-state index contributed by atoms with van der Waals surface area (Å²) in [5.41, 5.74) is 5.88. The molecule has 2 N–H and O–H groups in total. The van der Waals surface area contributed by atoms with Gasteiger partial charge < -0.3 is 10.6 Å². The summed E-state index contributed by atoms with van der Waals surface area (Å²) >= 11 is 6.03. The molecule has 1 aromatic rings. The molecule has 0 saturated carbocycles. The van der Waals surface area contributed by atoms with Crippen molar-refractivity contribution in [3.05, 3.63) is 22.8 Å². The molecule has 110 valence electrons. The molecule has 2 heterocycles. The summed E-state index contributed by atoms with van der Waals surface area (Å²) in [6.45, 7) is 8.67. The lowest BCUT2D eigenvalue weighted by atomic mass is 10.2. The van der Waals surface area contributed by atoms with Crippen LogP contribution in [0.4, 0.5) is 5.82 Å². The number of hydrogen-bond acceptors (Lipinski definition) is 4. The number of nitrogens with zero attached hydrogens (tertiary/aromatic N) is 3. The molecule has 1 aromatic heterocycles. The molecule has 0 radical (unpaired) electrons. The highest BCUT2D eigenvalue weighted by Crippen LogP contribution is 2.18. The molecule has 20 heavy (non-hydrogen) atoms. The highest BCUT2D eigenvalue weighted by molar-refractivity contribution is 6.33. The Labute approximate surface area is 124 Å². The van der Waals surface area contributed by atoms with Gasteiger partial charge >= 0.3 is 0 Å². The molecule has 1 fully saturated rings. The number of aromatic nitrogens is 1. The van der Waals surface area contributed by atoms with Gasteiger partial charge in [-0.3, -0.25) is 9.69 Å². The van der Waals surface area contributed by atoms with Crippen molar-refractivity contribution in [2.24, 2.45) is 5.92 Å². The number of pyridine rings is 1. The highest BCUT2D eigenvalue weighted by Gasteiger charge is 2.24. The number of hydrogen-bond donors (Lipinski definition) is 1. The van der Waals surface area contributed by atoms with Gasteiger partial charge in [0.15, 0.2) is 0 Å². The quantitative estimate of drug-likeness (QED) is 0.923. The third kappa shape index (κ3) is 3.61. The molecule has 1 saturated heterocycles. The second kappa shape index (κ2) is 6.41. The van der Waals surface area contributed by atoms with Crippen molar-refractivity contribution in [1.29, 1.82) is 0 Å². The second-order valence-corrected chi connectivity index (χ2v) is 5.96. The van der Waals surface area contributed by atoms with Crippen LogP contribution in [0, 0.1) is 5.92 Å². The van der Waals surface area contributed by atoms with Crippen LogP contribution in [0.1, 0.15) is 24.3 Å². The van der Waals surface area contributed by atoms with Gasteiger partial charge in [-0.25, -0.2) is 4.98 Å². The van der Waals surface area contributed by atoms with Gasteiger partial charge in [0.25, 0.3) is 5.91 Å². The van der Waals surface area contributed by atoms with Crippen molar-refractivity contribution in [2.45, 2.75) is 13.8 Å². The Morgan fingerprint density at radius 1 is 1.35 bits per heavy atom. The predicted octanol–water partition coefficient (Wildman–Crippen LogP) is 1.73. The fraction of sp³-hybridized carbons (Fsp3) is 0.571. The molecule has 0 unspecified atom stereocenters. The van der Waals surface area contributed by atoms with E-state index in [-0.39, 0.29) is 11.6 Å². The first-order valence-corrected chi connectivity index (χ1v) is 7.29. The number of halogens is 1. The predicted molar refractivity (Wildman–Crippen MR) is 80.8 cm³/mol. The van der Waals surface area contributed by atoms with Gasteiger partial charge in [-0.2, -0.15) is 0 Å². The van der Waals surface area contributed by atoms with E-state index in [2.05, 4.69) is 23.7 Å². The van der Waals surface area contributed by atoms with E-state index >= 15 is 0 Å². The lowest BCUT2D eigenvalue weighted by molar-refractivity contribution is 0.0618. The Balaban J connectivity index is 2.00. The zero-order valence-corrected chi connectivity index (χ0v) is 12.7. The topological polar surface area (TPSA) is 62.5 Å². The van der Waals surface area contributed by atoms with Crippen LogP contribution in [0.3, 0.4) is 0 Å². The lowest BCUT2D eigenvalue weighted by Crippen LogP contribution is -2.49. The van der Waals surface area contributed by atoms with Gasteiger partial charge in [-0.05, 0) is 18.1 Å². The third-order valence-electron chi connectivity index (χ3n) is 3.35. The third-order valence-corrected chi connectivity index (χ3v) is 3.66. The summed E-state index contributed by atoms with van der Waals surface area (Å²) < 4.78 is 0. The monoisotopic (exact) mass is 296 g/mol. The summed E-state index contributed by atoms with van der Waals surface area (Å²) in [6.07, 6.45) is 0. The fourth-order valence-electron chi connectivity index (χ4n) is 2.41. The molecule has 1 amide bonds. The van der Waals surface area contributed by atoms with Crippen LogP contribution in [0.2, 0.25) is 5.02 Å². The Morgan fingerprint density at radius 3 is 2.60 bits per heavy atom. The number of carbonyl (C=O) groups is 1. The maximum absolute atomic E-state index is 12.4. The van der Waals surface area contributed by atoms with Crippen molar-refractivity contribution in [3.8, 4) is 0 Å². The second-order valence-electron chi connectivity index (χ2n) is 5.55. The Kier molecular flexibility index (Phi) is 4.83. The summed E-state index contributed by atoms with van der Waals surface area (Å²) in [6, 6.07) is 3.21. The molecule has 0 bridgehead atoms. The maximum Gasteiger partial charge on any atom is 0.274 e. The highest BCUT2D eigenvalue weighted by atomic mass is 35.5. The summed E-state index contributed by atoms with van der Waals surface area (Å²) in [5.74, 6) is 0.824. The first-order valence-electron chi connectivity index (χ1n) is 6.91. The van der Waals surface area contributed by atoms with Gasteiger partial charge in [0.1, 0.15) is 11.5 Å². The Bertz CT molecular complexity index is 484. The number of amides is 1. The molecule has 0 aliphatic carbocycles. The van der Waals surface area contributed by atoms with Crippen LogP contribution in [-0.2, 0) is 0 Å². The van der Waals surface area contributed by atoms with Crippen molar-refractivity contribution < 1.29 is 4.79 Å². The molecule has 0 atom stereocenters. The number of nitrogen functional groups attached to an aromatic ring is 1. The smallest absolute Gasteiger partial charge is 0.274 e. The van der Waals surface area contributed by atoms with Crippen LogP contribution >= 0.6 is 11.6 Å². The van der Waals surface area contributed by atoms with Crippen LogP contribution in [0.15, 0.2) is 12.1 Å². The van der Waals surface area contributed by atoms with Gasteiger partial charge in [-0.1, -0.05) is 25.4 Å². The first kappa shape index (κ1) is 15.1. The van der Waals surface area contributed by atoms with Crippen LogP contribution in [0.5, 0.6) is 0 Å². The van der Waals surface area contributed by atoms with Crippen molar-refractivity contribution >= 4 is 23.3 Å². The summed E-state index contributed by atoms with van der Waals surface area (Å²) in [4.78, 5) is 20.6. The van der Waals surface area contributed by atoms with E-state index in [9.17, 15) is 4.79 Å². The fourth-order valence-corrected chi connectivity index (χ4v) is 2.59. The molecule has 0 spiro atoms. The SMILES string of the molecule is CC(C)CN1CCN(C(=O)c2nc(N)ccc2Cl)CC1. The average Bonchev–Trinajstić information content (AvgIpc) is 2.41. The zero-order chi connectivity index (χ0) is 14.7. The number of rotatable bonds is 3. The molecular weight excluding hydrogens is 276 g/mol. The van der Waals surface area contributed by atoms with Gasteiger partial charge in [0.05, 0.1) is 5.02 Å². The first-order chi connectivity index (χ1) is 9.47. The van der Waals surface area contributed by atoms with Crippen molar-refractivity contribution in [2.75, 3.05) is 38.5 Å². The molecule has 1 aliphatic heterocycles. The Hall–Kier alpha value is -1.33. The van der Waals surface area contributed by atoms with Crippen molar-refractivity contribution in [3.63, 3.8) is 0 Å². The largest absolute Gasteiger partial charge is 0.384 e. The van der Waals surface area contributed by atoms with Crippen LogP contribution in [-0.4, -0.2) is 53.4 Å². The van der Waals surface area contributed by atoms with E-state index in [1.807, 2.05) is 0 Å². The minimum absolute atomic E-state index is 0.133. The van der Waals surface area contributed by atoms with E-state index in [1.165, 1.54) is 0 Å². The maximum atomic E-state index is 12.4. The minimum atomic E-state index is -0.133. The van der Waals surface area contributed by atoms with Gasteiger partial charge in [0, 0.05) is 32.7 Å². The molecule has 5 nitrogen and oxygen atoms in total. The van der Waals surface area contributed by atoms with E-state index in [1.54, 1.807) is 17.0 Å². The number of nitrogens with two attached hydrogens (primary N) is 1. The molecule has 0 aromatic carbocycles. The van der Waals surface area contributed by atoms with E-state index in [4.69, 9.17) is 17.3 Å². The lowest BCUT2D eigenvalue weighted by Gasteiger charge is -2.35. The minimum Gasteiger partial charge on any atom is -0.384 e. The van der Waals surface area contributed by atoms with Gasteiger partial charge in [-0.15, -0.1) is 0 Å². The van der Waals surface area contributed by atoms with Crippen LogP contribution in [0.25, 0.3) is 0 Å². The van der Waals surface area contributed by atoms with Gasteiger partial charge in [0.2, 0.25) is 0 Å². The van der Waals surface area contributed by atoms with Crippen molar-refractivity contribution in [1.82, 2.24) is 14.8 Å². The standard InChI is InChI=1S/C14H21ClN4O/c1-10(2)9-18-5-7-19(8-6-18)14(20)13-11(15)3-4-12(16)17-13/h3-4,10H,5-9H2,1-2H3,(H2,16,17). The Morgan fingerprint density at radius 2 is 2.00 bits per heavy atom. The number of anilines is 1. The van der Waals surface area contributed by atoms with E-state index in [0.717, 1.165) is 19.6 Å². The molecule has 2 rings (SSSR count). The molecular formula is C14H21ClN4O. The summed E-state index contributed by atoms with van der Waals surface area (Å²) in [5, 5.41) is 0.355. The average molecular weight is 297 g/mol. The summed E-state index contributed by atoms with van der Waals surface area (Å²) in [7, 11) is 0. The van der Waals surface area contributed by atoms with E-state index < -0.39 is 0 Å². The van der Waals surface area contributed by atoms with Crippen LogP contribution < -0.4 is 5.73 Å². The number of piperazine rings is 1. The normalized spacial score (nSPS) is 16.7. The molecule has 6 heteroatoms. The zero-order valence-electron chi connectivity index (χ0n) is 12.0. The number of carbonyl (C=O) groups excluding carboxylic acids is 1.